The molecule has 11 heteroatoms. The second-order valence-electron chi connectivity index (χ2n) is 8.19. The molecule has 1 atom stereocenters. The van der Waals surface area contributed by atoms with E-state index in [0.717, 1.165) is 5.56 Å². The van der Waals surface area contributed by atoms with Crippen LogP contribution in [0, 0.1) is 29.6 Å². The molecular formula is C23H20N6O4S. The molecule has 0 amide bonds. The van der Waals surface area contributed by atoms with Crippen LogP contribution in [0.25, 0.3) is 11.3 Å². The number of aromatic nitrogens is 2. The molecular weight excluding hydrogens is 456 g/mol. The van der Waals surface area contributed by atoms with Crippen LogP contribution in [0.1, 0.15) is 29.2 Å². The van der Waals surface area contributed by atoms with E-state index in [1.807, 2.05) is 19.1 Å². The summed E-state index contributed by atoms with van der Waals surface area (Å²) in [4.78, 5) is 8.83. The van der Waals surface area contributed by atoms with E-state index in [9.17, 15) is 13.7 Å². The van der Waals surface area contributed by atoms with Gasteiger partial charge in [-0.1, -0.05) is 13.0 Å². The minimum atomic E-state index is -4.62. The monoisotopic (exact) mass is 476 g/mol. The molecule has 0 unspecified atom stereocenters. The molecule has 0 radical (unpaired) electrons. The molecule has 0 fully saturated rings. The molecule has 2 aromatic carbocycles. The van der Waals surface area contributed by atoms with Crippen molar-refractivity contribution >= 4 is 27.7 Å². The summed E-state index contributed by atoms with van der Waals surface area (Å²) in [7, 11) is -4.62. The Morgan fingerprint density at radius 3 is 2.74 bits per heavy atom. The minimum absolute atomic E-state index is 0.300. The van der Waals surface area contributed by atoms with Crippen LogP contribution in [0.15, 0.2) is 42.6 Å². The number of rotatable bonds is 6. The lowest BCUT2D eigenvalue weighted by atomic mass is 9.83. The maximum absolute atomic E-state index is 11.1. The summed E-state index contributed by atoms with van der Waals surface area (Å²) in [5, 5.41) is 25.1. The van der Waals surface area contributed by atoms with Gasteiger partial charge in [0.1, 0.15) is 6.07 Å². The van der Waals surface area contributed by atoms with Crippen molar-refractivity contribution in [3.63, 3.8) is 0 Å². The maximum Gasteiger partial charge on any atom is 0.397 e. The van der Waals surface area contributed by atoms with Crippen molar-refractivity contribution in [2.45, 2.75) is 19.3 Å². The lowest BCUT2D eigenvalue weighted by Crippen LogP contribution is -2.31. The largest absolute Gasteiger partial charge is 0.397 e. The second kappa shape index (κ2) is 8.72. The van der Waals surface area contributed by atoms with Crippen LogP contribution in [-0.4, -0.2) is 36.1 Å². The van der Waals surface area contributed by atoms with Crippen LogP contribution in [0.5, 0.6) is 0 Å². The van der Waals surface area contributed by atoms with Gasteiger partial charge in [0, 0.05) is 29.4 Å². The van der Waals surface area contributed by atoms with Crippen LogP contribution in [0.3, 0.4) is 0 Å². The molecule has 172 valence electrons. The molecule has 3 N–H and O–H groups in total. The number of anilines is 3. The zero-order chi connectivity index (χ0) is 24.5. The van der Waals surface area contributed by atoms with Crippen LogP contribution in [-0.2, 0) is 20.0 Å². The van der Waals surface area contributed by atoms with Gasteiger partial charge >= 0.3 is 10.4 Å². The van der Waals surface area contributed by atoms with Crippen LogP contribution in [0.2, 0.25) is 0 Å². The third-order valence-corrected chi connectivity index (χ3v) is 6.07. The van der Waals surface area contributed by atoms with Crippen LogP contribution >= 0.6 is 0 Å². The Hall–Kier alpha value is -4.03. The van der Waals surface area contributed by atoms with Gasteiger partial charge in [0.05, 0.1) is 35.2 Å². The first-order valence-corrected chi connectivity index (χ1v) is 11.5. The topological polar surface area (TPSA) is 161 Å². The van der Waals surface area contributed by atoms with E-state index in [4.69, 9.17) is 9.81 Å². The van der Waals surface area contributed by atoms with E-state index in [-0.39, 0.29) is 6.61 Å². The summed E-state index contributed by atoms with van der Waals surface area (Å²) in [6, 6.07) is 14.7. The molecule has 0 bridgehead atoms. The van der Waals surface area contributed by atoms with Gasteiger partial charge in [-0.15, -0.1) is 0 Å². The van der Waals surface area contributed by atoms with Crippen LogP contribution in [0.4, 0.5) is 17.3 Å². The number of hydrogen-bond acceptors (Lipinski definition) is 9. The molecule has 1 aromatic heterocycles. The predicted molar refractivity (Wildman–Crippen MR) is 125 cm³/mol. The SMILES string of the molecule is Cc1ccc(C#N)cc1Nc1nccc(-c2cc(C#N)c3c(c2)[C@](C)(COS(=O)(=O)O)CN3)n1. The summed E-state index contributed by atoms with van der Waals surface area (Å²) in [6.07, 6.45) is 1.58. The van der Waals surface area contributed by atoms with Gasteiger partial charge in [-0.05, 0) is 48.4 Å². The summed E-state index contributed by atoms with van der Waals surface area (Å²) >= 11 is 0. The van der Waals surface area contributed by atoms with E-state index >= 15 is 0 Å². The molecule has 0 saturated heterocycles. The van der Waals surface area contributed by atoms with Gasteiger partial charge in [0.25, 0.3) is 0 Å². The Bertz CT molecular complexity index is 1480. The van der Waals surface area contributed by atoms with Gasteiger partial charge in [-0.25, -0.2) is 14.2 Å². The average molecular weight is 477 g/mol. The van der Waals surface area contributed by atoms with Gasteiger partial charge < -0.3 is 10.6 Å². The highest BCUT2D eigenvalue weighted by molar-refractivity contribution is 7.80. The van der Waals surface area contributed by atoms with Gasteiger partial charge in [0.15, 0.2) is 0 Å². The summed E-state index contributed by atoms with van der Waals surface area (Å²) in [5.74, 6) is 0.310. The molecule has 0 aliphatic carbocycles. The standard InChI is InChI=1S/C23H20N6O4S/c1-14-3-4-15(10-24)7-20(14)29-22-26-6-5-19(28-22)16-8-17(11-25)21-18(9-16)23(2,12-27-21)13-33-34(30,31)32/h3-9,27H,12-13H2,1-2H3,(H,26,28,29)(H,30,31,32)/t23-/m0/s1. The Kier molecular flexibility index (Phi) is 5.94. The van der Waals surface area contributed by atoms with E-state index < -0.39 is 15.8 Å². The smallest absolute Gasteiger partial charge is 0.383 e. The molecule has 1 aliphatic heterocycles. The fraction of sp³-hybridized carbons (Fsp3) is 0.217. The lowest BCUT2D eigenvalue weighted by Gasteiger charge is -2.23. The lowest BCUT2D eigenvalue weighted by molar-refractivity contribution is 0.216. The third kappa shape index (κ3) is 4.67. The Morgan fingerprint density at radius 1 is 1.24 bits per heavy atom. The number of benzene rings is 2. The average Bonchev–Trinajstić information content (AvgIpc) is 3.15. The number of fused-ring (bicyclic) bond motifs is 1. The van der Waals surface area contributed by atoms with E-state index in [2.05, 4.69) is 36.9 Å². The highest BCUT2D eigenvalue weighted by Gasteiger charge is 2.38. The Labute approximate surface area is 196 Å². The summed E-state index contributed by atoms with van der Waals surface area (Å²) < 4.78 is 35.9. The zero-order valence-electron chi connectivity index (χ0n) is 18.3. The Balaban J connectivity index is 1.72. The highest BCUT2D eigenvalue weighted by atomic mass is 32.3. The molecule has 4 rings (SSSR count). The number of aryl methyl sites for hydroxylation is 1. The molecule has 2 heterocycles. The normalized spacial score (nSPS) is 16.7. The zero-order valence-corrected chi connectivity index (χ0v) is 19.1. The highest BCUT2D eigenvalue weighted by Crippen LogP contribution is 2.41. The van der Waals surface area contributed by atoms with Crippen molar-refractivity contribution < 1.29 is 17.2 Å². The summed E-state index contributed by atoms with van der Waals surface area (Å²) in [5.41, 5.74) is 4.10. The molecule has 10 nitrogen and oxygen atoms in total. The molecule has 0 saturated carbocycles. The van der Waals surface area contributed by atoms with Crippen molar-refractivity contribution in [3.8, 4) is 23.4 Å². The van der Waals surface area contributed by atoms with Crippen molar-refractivity contribution in [2.24, 2.45) is 0 Å². The number of nitriles is 2. The van der Waals surface area contributed by atoms with E-state index in [1.54, 1.807) is 37.4 Å². The van der Waals surface area contributed by atoms with E-state index in [1.165, 1.54) is 0 Å². The molecule has 1 aliphatic rings. The van der Waals surface area contributed by atoms with Gasteiger partial charge in [-0.2, -0.15) is 18.9 Å². The van der Waals surface area contributed by atoms with Crippen molar-refractivity contribution in [1.29, 1.82) is 10.5 Å². The number of hydrogen-bond donors (Lipinski definition) is 3. The second-order valence-corrected chi connectivity index (χ2v) is 9.29. The fourth-order valence-electron chi connectivity index (χ4n) is 3.78. The molecule has 34 heavy (non-hydrogen) atoms. The minimum Gasteiger partial charge on any atom is -0.383 e. The van der Waals surface area contributed by atoms with Gasteiger partial charge in [-0.3, -0.25) is 4.55 Å². The van der Waals surface area contributed by atoms with Crippen LogP contribution < -0.4 is 10.6 Å². The summed E-state index contributed by atoms with van der Waals surface area (Å²) in [6.45, 7) is 3.70. The van der Waals surface area contributed by atoms with E-state index in [0.29, 0.717) is 51.8 Å². The predicted octanol–water partition coefficient (Wildman–Crippen LogP) is 3.44. The first-order valence-electron chi connectivity index (χ1n) is 10.2. The maximum atomic E-state index is 11.1. The first kappa shape index (κ1) is 23.1. The quantitative estimate of drug-likeness (QED) is 0.449. The van der Waals surface area contributed by atoms with Crippen molar-refractivity contribution in [1.82, 2.24) is 9.97 Å². The van der Waals surface area contributed by atoms with Crippen molar-refractivity contribution in [2.75, 3.05) is 23.8 Å². The third-order valence-electron chi connectivity index (χ3n) is 5.66. The number of nitrogens with zero attached hydrogens (tertiary/aromatic N) is 4. The molecule has 0 spiro atoms. The number of nitrogens with one attached hydrogen (secondary N) is 2. The van der Waals surface area contributed by atoms with Crippen molar-refractivity contribution in [3.05, 3.63) is 64.8 Å². The molecule has 3 aromatic rings. The first-order chi connectivity index (χ1) is 16.1. The van der Waals surface area contributed by atoms with Gasteiger partial charge in [0.2, 0.25) is 5.95 Å². The fourth-order valence-corrected chi connectivity index (χ4v) is 4.19. The Morgan fingerprint density at radius 2 is 2.03 bits per heavy atom.